The molecule has 15 heavy (non-hydrogen) atoms. The summed E-state index contributed by atoms with van der Waals surface area (Å²) >= 11 is 0. The van der Waals surface area contributed by atoms with Crippen LogP contribution in [0, 0.1) is 5.92 Å². The Bertz CT molecular complexity index is 356. The van der Waals surface area contributed by atoms with E-state index < -0.39 is 0 Å². The highest BCUT2D eigenvalue weighted by Gasteiger charge is 2.49. The number of aromatic hydroxyl groups is 1. The van der Waals surface area contributed by atoms with Gasteiger partial charge < -0.3 is 15.7 Å². The Morgan fingerprint density at radius 2 is 1.93 bits per heavy atom. The molecule has 0 aromatic heterocycles. The van der Waals surface area contributed by atoms with E-state index in [2.05, 4.69) is 4.90 Å². The lowest BCUT2D eigenvalue weighted by atomic mass is 9.83. The van der Waals surface area contributed by atoms with Gasteiger partial charge in [0.15, 0.2) is 0 Å². The van der Waals surface area contributed by atoms with Gasteiger partial charge in [-0.05, 0) is 43.0 Å². The van der Waals surface area contributed by atoms with Crippen LogP contribution in [0.1, 0.15) is 12.8 Å². The van der Waals surface area contributed by atoms with Gasteiger partial charge in [-0.3, -0.25) is 0 Å². The van der Waals surface area contributed by atoms with Crippen LogP contribution in [-0.4, -0.2) is 23.7 Å². The zero-order valence-corrected chi connectivity index (χ0v) is 8.63. The zero-order valence-electron chi connectivity index (χ0n) is 8.63. The molecule has 3 nitrogen and oxygen atoms in total. The molecule has 3 aliphatic rings. The van der Waals surface area contributed by atoms with Gasteiger partial charge in [-0.2, -0.15) is 0 Å². The quantitative estimate of drug-likeness (QED) is 0.763. The Kier molecular flexibility index (Phi) is 1.89. The van der Waals surface area contributed by atoms with Crippen molar-refractivity contribution >= 4 is 5.69 Å². The minimum atomic E-state index is 0.328. The van der Waals surface area contributed by atoms with Crippen molar-refractivity contribution in [3.05, 3.63) is 24.3 Å². The molecule has 1 atom stereocenters. The lowest BCUT2D eigenvalue weighted by Gasteiger charge is -2.28. The highest BCUT2D eigenvalue weighted by atomic mass is 16.3. The van der Waals surface area contributed by atoms with E-state index in [0.29, 0.717) is 17.8 Å². The largest absolute Gasteiger partial charge is 0.508 e. The summed E-state index contributed by atoms with van der Waals surface area (Å²) in [5.41, 5.74) is 7.02. The van der Waals surface area contributed by atoms with Crippen LogP contribution in [0.2, 0.25) is 0 Å². The average Bonchev–Trinajstić information content (AvgIpc) is 2.71. The van der Waals surface area contributed by atoms with E-state index in [-0.39, 0.29) is 0 Å². The molecule has 1 unspecified atom stereocenters. The maximum atomic E-state index is 9.26. The fraction of sp³-hybridized carbons (Fsp3) is 0.500. The van der Waals surface area contributed by atoms with Gasteiger partial charge in [-0.1, -0.05) is 0 Å². The predicted molar refractivity (Wildman–Crippen MR) is 59.9 cm³/mol. The average molecular weight is 204 g/mol. The highest BCUT2D eigenvalue weighted by Crippen LogP contribution is 2.47. The normalized spacial score (nSPS) is 32.9. The molecule has 0 spiro atoms. The third kappa shape index (κ3) is 1.23. The summed E-state index contributed by atoms with van der Waals surface area (Å²) in [6, 6.07) is 8.67. The molecule has 0 radical (unpaired) electrons. The highest BCUT2D eigenvalue weighted by molar-refractivity contribution is 5.54. The summed E-state index contributed by atoms with van der Waals surface area (Å²) in [5.74, 6) is 1.13. The lowest BCUT2D eigenvalue weighted by molar-refractivity contribution is 0.354. The second-order valence-electron chi connectivity index (χ2n) is 4.61. The minimum absolute atomic E-state index is 0.328. The summed E-state index contributed by atoms with van der Waals surface area (Å²) in [6.07, 6.45) is 2.59. The number of anilines is 1. The first-order valence-corrected chi connectivity index (χ1v) is 5.57. The van der Waals surface area contributed by atoms with Crippen molar-refractivity contribution in [1.82, 2.24) is 0 Å². The van der Waals surface area contributed by atoms with Crippen LogP contribution in [0.3, 0.4) is 0 Å². The number of hydrogen-bond donors (Lipinski definition) is 2. The molecule has 80 valence electrons. The van der Waals surface area contributed by atoms with Crippen molar-refractivity contribution in [2.24, 2.45) is 11.7 Å². The number of fused-ring (bicyclic) bond motifs is 1. The fourth-order valence-electron chi connectivity index (χ4n) is 3.00. The van der Waals surface area contributed by atoms with Gasteiger partial charge >= 0.3 is 0 Å². The lowest BCUT2D eigenvalue weighted by Crippen LogP contribution is -2.36. The minimum Gasteiger partial charge on any atom is -0.508 e. The van der Waals surface area contributed by atoms with Crippen molar-refractivity contribution in [3.8, 4) is 5.75 Å². The Morgan fingerprint density at radius 3 is 2.53 bits per heavy atom. The van der Waals surface area contributed by atoms with E-state index in [4.69, 9.17) is 5.73 Å². The maximum Gasteiger partial charge on any atom is 0.115 e. The van der Waals surface area contributed by atoms with E-state index in [0.717, 1.165) is 12.5 Å². The number of benzene rings is 1. The molecule has 4 rings (SSSR count). The molecule has 3 heteroatoms. The molecule has 1 aromatic carbocycles. The summed E-state index contributed by atoms with van der Waals surface area (Å²) < 4.78 is 0. The maximum absolute atomic E-state index is 9.26. The molecule has 3 N–H and O–H groups in total. The first-order chi connectivity index (χ1) is 7.29. The predicted octanol–water partition coefficient (Wildman–Crippen LogP) is 1.32. The first kappa shape index (κ1) is 9.04. The Labute approximate surface area is 89.5 Å². The topological polar surface area (TPSA) is 49.5 Å². The van der Waals surface area contributed by atoms with Gasteiger partial charge in [0.25, 0.3) is 0 Å². The molecular weight excluding hydrogens is 188 g/mol. The van der Waals surface area contributed by atoms with Crippen molar-refractivity contribution < 1.29 is 5.11 Å². The smallest absolute Gasteiger partial charge is 0.115 e. The standard InChI is InChI=1S/C12H16N2O/c13-7-12-8-5-10(6-8)14(12)9-1-3-11(15)4-2-9/h1-4,8,10,12,15H,5-7,13H2. The van der Waals surface area contributed by atoms with Gasteiger partial charge in [0, 0.05) is 24.3 Å². The summed E-state index contributed by atoms with van der Waals surface area (Å²) in [6.45, 7) is 0.738. The number of nitrogens with two attached hydrogens (primary N) is 1. The van der Waals surface area contributed by atoms with Gasteiger partial charge in [0.05, 0.1) is 0 Å². The monoisotopic (exact) mass is 204 g/mol. The van der Waals surface area contributed by atoms with Crippen LogP contribution < -0.4 is 10.6 Å². The number of hydrogen-bond acceptors (Lipinski definition) is 3. The number of nitrogens with zero attached hydrogens (tertiary/aromatic N) is 1. The summed E-state index contributed by atoms with van der Waals surface area (Å²) in [4.78, 5) is 2.43. The molecule has 1 aromatic rings. The second kappa shape index (κ2) is 3.14. The van der Waals surface area contributed by atoms with Crippen LogP contribution >= 0.6 is 0 Å². The Morgan fingerprint density at radius 1 is 1.27 bits per heavy atom. The van der Waals surface area contributed by atoms with Gasteiger partial charge in [-0.25, -0.2) is 0 Å². The molecule has 1 saturated carbocycles. The van der Waals surface area contributed by atoms with Gasteiger partial charge in [0.1, 0.15) is 5.75 Å². The molecule has 2 aliphatic heterocycles. The number of phenols is 1. The van der Waals surface area contributed by atoms with E-state index in [1.807, 2.05) is 12.1 Å². The number of phenolic OH excluding ortho intramolecular Hbond substituents is 1. The molecule has 2 heterocycles. The van der Waals surface area contributed by atoms with E-state index in [1.54, 1.807) is 12.1 Å². The van der Waals surface area contributed by atoms with Gasteiger partial charge in [0.2, 0.25) is 0 Å². The van der Waals surface area contributed by atoms with Crippen molar-refractivity contribution in [2.45, 2.75) is 24.9 Å². The molecule has 2 bridgehead atoms. The zero-order chi connectivity index (χ0) is 10.4. The number of rotatable bonds is 2. The third-order valence-electron chi connectivity index (χ3n) is 3.83. The Balaban J connectivity index is 1.90. The van der Waals surface area contributed by atoms with Crippen LogP contribution in [0.5, 0.6) is 5.75 Å². The molecule has 0 amide bonds. The second-order valence-corrected chi connectivity index (χ2v) is 4.61. The van der Waals surface area contributed by atoms with Crippen LogP contribution in [-0.2, 0) is 0 Å². The molecule has 3 fully saturated rings. The molecule has 2 saturated heterocycles. The molecular formula is C12H16N2O. The summed E-state index contributed by atoms with van der Waals surface area (Å²) in [5, 5.41) is 9.26. The van der Waals surface area contributed by atoms with Crippen LogP contribution in [0.15, 0.2) is 24.3 Å². The molecule has 1 aliphatic carbocycles. The van der Waals surface area contributed by atoms with E-state index in [9.17, 15) is 5.11 Å². The van der Waals surface area contributed by atoms with Crippen molar-refractivity contribution in [2.75, 3.05) is 11.4 Å². The first-order valence-electron chi connectivity index (χ1n) is 5.57. The van der Waals surface area contributed by atoms with Crippen LogP contribution in [0.4, 0.5) is 5.69 Å². The SMILES string of the molecule is NCC1C2CC(C2)N1c1ccc(O)cc1. The third-order valence-corrected chi connectivity index (χ3v) is 3.83. The van der Waals surface area contributed by atoms with E-state index in [1.165, 1.54) is 18.5 Å². The summed E-state index contributed by atoms with van der Waals surface area (Å²) in [7, 11) is 0. The fourth-order valence-corrected chi connectivity index (χ4v) is 3.00. The Hall–Kier alpha value is -1.22. The van der Waals surface area contributed by atoms with Gasteiger partial charge in [-0.15, -0.1) is 0 Å². The van der Waals surface area contributed by atoms with E-state index >= 15 is 0 Å². The van der Waals surface area contributed by atoms with Crippen molar-refractivity contribution in [1.29, 1.82) is 0 Å². The van der Waals surface area contributed by atoms with Crippen LogP contribution in [0.25, 0.3) is 0 Å². The van der Waals surface area contributed by atoms with Crippen molar-refractivity contribution in [3.63, 3.8) is 0 Å².